The van der Waals surface area contributed by atoms with Crippen molar-refractivity contribution in [2.45, 2.75) is 6.92 Å². The highest BCUT2D eigenvalue weighted by Crippen LogP contribution is 2.30. The lowest BCUT2D eigenvalue weighted by molar-refractivity contribution is 0.0849. The van der Waals surface area contributed by atoms with Crippen molar-refractivity contribution < 1.29 is 9.59 Å². The normalized spacial score (nSPS) is 10.9. The molecule has 2 N–H and O–H groups in total. The molecule has 0 unspecified atom stereocenters. The van der Waals surface area contributed by atoms with Crippen LogP contribution < -0.4 is 10.9 Å². The average molecular weight is 396 g/mol. The van der Waals surface area contributed by atoms with Crippen molar-refractivity contribution in [1.29, 1.82) is 0 Å². The Hall–Kier alpha value is -2.97. The van der Waals surface area contributed by atoms with Gasteiger partial charge in [0.05, 0.1) is 16.1 Å². The fraction of sp³-hybridized carbons (Fsp3) is 0.105. The number of para-hydroxylation sites is 1. The van der Waals surface area contributed by atoms with Gasteiger partial charge in [0.15, 0.2) is 0 Å². The number of thiophene rings is 1. The molecule has 6 nitrogen and oxygen atoms in total. The summed E-state index contributed by atoms with van der Waals surface area (Å²) in [5.41, 5.74) is 7.10. The summed E-state index contributed by atoms with van der Waals surface area (Å²) in [6, 6.07) is 11.5. The lowest BCUT2D eigenvalue weighted by Crippen LogP contribution is -2.41. The average Bonchev–Trinajstić information content (AvgIpc) is 3.39. The van der Waals surface area contributed by atoms with E-state index in [1.807, 2.05) is 53.4 Å². The number of rotatable bonds is 3. The number of fused-ring (bicyclic) bond motifs is 1. The molecule has 0 atom stereocenters. The molecule has 0 aliphatic rings. The summed E-state index contributed by atoms with van der Waals surface area (Å²) in [5, 5.41) is 3.60. The summed E-state index contributed by atoms with van der Waals surface area (Å²) in [5.74, 6) is -0.734. The highest BCUT2D eigenvalue weighted by Gasteiger charge is 2.19. The Morgan fingerprint density at radius 3 is 2.63 bits per heavy atom. The lowest BCUT2D eigenvalue weighted by Gasteiger charge is -2.05. The van der Waals surface area contributed by atoms with E-state index in [4.69, 9.17) is 0 Å². The molecular weight excluding hydrogens is 380 g/mol. The van der Waals surface area contributed by atoms with Crippen LogP contribution in [0.2, 0.25) is 0 Å². The van der Waals surface area contributed by atoms with Crippen molar-refractivity contribution >= 4 is 45.4 Å². The van der Waals surface area contributed by atoms with Crippen LogP contribution in [0.15, 0.2) is 48.0 Å². The Morgan fingerprint density at radius 1 is 1.07 bits per heavy atom. The Morgan fingerprint density at radius 2 is 1.85 bits per heavy atom. The number of hydrazine groups is 1. The summed E-state index contributed by atoms with van der Waals surface area (Å²) >= 11 is 2.88. The number of aryl methyl sites for hydroxylation is 2. The van der Waals surface area contributed by atoms with Gasteiger partial charge in [0.1, 0.15) is 9.88 Å². The first-order valence-electron chi connectivity index (χ1n) is 8.20. The van der Waals surface area contributed by atoms with Crippen LogP contribution in [-0.2, 0) is 7.05 Å². The van der Waals surface area contributed by atoms with Crippen molar-refractivity contribution in [2.24, 2.45) is 7.05 Å². The summed E-state index contributed by atoms with van der Waals surface area (Å²) in [4.78, 5) is 31.0. The Bertz CT molecular complexity index is 1140. The third kappa shape index (κ3) is 3.24. The zero-order valence-electron chi connectivity index (χ0n) is 14.6. The van der Waals surface area contributed by atoms with Crippen LogP contribution >= 0.6 is 22.7 Å². The molecule has 0 aliphatic carbocycles. The third-order valence-corrected chi connectivity index (χ3v) is 6.36. The van der Waals surface area contributed by atoms with Crippen molar-refractivity contribution in [3.63, 3.8) is 0 Å². The first-order valence-corrected chi connectivity index (χ1v) is 9.90. The van der Waals surface area contributed by atoms with Gasteiger partial charge in [0.25, 0.3) is 11.8 Å². The van der Waals surface area contributed by atoms with E-state index in [1.54, 1.807) is 24.5 Å². The molecule has 0 spiro atoms. The SMILES string of the molecule is Cc1nc(-c2cccs2)sc1C(=O)NNC(=O)c1cn(C)c2ccccc12. The van der Waals surface area contributed by atoms with E-state index in [2.05, 4.69) is 15.8 Å². The van der Waals surface area contributed by atoms with Crippen LogP contribution in [-0.4, -0.2) is 21.4 Å². The number of nitrogens with one attached hydrogen (secondary N) is 2. The van der Waals surface area contributed by atoms with Crippen molar-refractivity contribution in [2.75, 3.05) is 0 Å². The van der Waals surface area contributed by atoms with Crippen molar-refractivity contribution in [3.8, 4) is 9.88 Å². The zero-order chi connectivity index (χ0) is 19.0. The van der Waals surface area contributed by atoms with E-state index in [0.29, 0.717) is 16.1 Å². The van der Waals surface area contributed by atoms with E-state index in [1.165, 1.54) is 11.3 Å². The maximum atomic E-state index is 12.5. The van der Waals surface area contributed by atoms with Gasteiger partial charge in [-0.05, 0) is 24.4 Å². The highest BCUT2D eigenvalue weighted by atomic mass is 32.1. The molecule has 3 heterocycles. The molecule has 136 valence electrons. The molecular formula is C19H16N4O2S2. The van der Waals surface area contributed by atoms with Gasteiger partial charge in [-0.3, -0.25) is 20.4 Å². The number of carbonyl (C=O) groups is 2. The zero-order valence-corrected chi connectivity index (χ0v) is 16.3. The van der Waals surface area contributed by atoms with Crippen LogP contribution in [0.5, 0.6) is 0 Å². The van der Waals surface area contributed by atoms with E-state index in [0.717, 1.165) is 20.8 Å². The second-order valence-corrected chi connectivity index (χ2v) is 7.94. The number of hydrogen-bond acceptors (Lipinski definition) is 5. The predicted molar refractivity (Wildman–Crippen MR) is 108 cm³/mol. The molecule has 1 aromatic carbocycles. The van der Waals surface area contributed by atoms with E-state index in [9.17, 15) is 9.59 Å². The van der Waals surface area contributed by atoms with E-state index >= 15 is 0 Å². The largest absolute Gasteiger partial charge is 0.350 e. The first-order chi connectivity index (χ1) is 13.0. The van der Waals surface area contributed by atoms with Gasteiger partial charge < -0.3 is 4.57 Å². The number of amides is 2. The van der Waals surface area contributed by atoms with Crippen LogP contribution in [0, 0.1) is 6.92 Å². The Kier molecular flexibility index (Phi) is 4.51. The molecule has 3 aromatic heterocycles. The summed E-state index contributed by atoms with van der Waals surface area (Å²) in [6.45, 7) is 1.79. The Labute approximate surface area is 163 Å². The lowest BCUT2D eigenvalue weighted by atomic mass is 10.2. The van der Waals surface area contributed by atoms with Crippen molar-refractivity contribution in [1.82, 2.24) is 20.4 Å². The quantitative estimate of drug-likeness (QED) is 0.518. The molecule has 4 rings (SSSR count). The smallest absolute Gasteiger partial charge is 0.281 e. The van der Waals surface area contributed by atoms with Crippen LogP contribution in [0.4, 0.5) is 0 Å². The van der Waals surface area contributed by atoms with Gasteiger partial charge in [0.2, 0.25) is 0 Å². The molecule has 0 radical (unpaired) electrons. The minimum absolute atomic E-state index is 0.360. The summed E-state index contributed by atoms with van der Waals surface area (Å²) < 4.78 is 1.88. The van der Waals surface area contributed by atoms with Crippen LogP contribution in [0.25, 0.3) is 20.8 Å². The molecule has 0 saturated heterocycles. The molecule has 0 bridgehead atoms. The molecule has 0 saturated carbocycles. The van der Waals surface area contributed by atoms with Crippen LogP contribution in [0.3, 0.4) is 0 Å². The number of hydrogen-bond donors (Lipinski definition) is 2. The minimum Gasteiger partial charge on any atom is -0.350 e. The number of carbonyl (C=O) groups excluding carboxylic acids is 2. The molecule has 8 heteroatoms. The van der Waals surface area contributed by atoms with Gasteiger partial charge in [-0.25, -0.2) is 4.98 Å². The standard InChI is InChI=1S/C19H16N4O2S2/c1-11-16(27-19(20-11)15-8-5-9-26-15)18(25)22-21-17(24)13-10-23(2)14-7-4-3-6-12(13)14/h3-10H,1-2H3,(H,21,24)(H,22,25). The van der Waals surface area contributed by atoms with Gasteiger partial charge >= 0.3 is 0 Å². The van der Waals surface area contributed by atoms with Crippen LogP contribution in [0.1, 0.15) is 25.7 Å². The van der Waals surface area contributed by atoms with Crippen molar-refractivity contribution in [3.05, 3.63) is 64.1 Å². The van der Waals surface area contributed by atoms with E-state index < -0.39 is 0 Å². The maximum Gasteiger partial charge on any atom is 0.281 e. The topological polar surface area (TPSA) is 76.0 Å². The molecule has 0 fully saturated rings. The molecule has 4 aromatic rings. The third-order valence-electron chi connectivity index (χ3n) is 4.17. The number of aromatic nitrogens is 2. The van der Waals surface area contributed by atoms with Gasteiger partial charge in [-0.1, -0.05) is 24.3 Å². The van der Waals surface area contributed by atoms with Gasteiger partial charge in [0, 0.05) is 24.1 Å². The van der Waals surface area contributed by atoms with Gasteiger partial charge in [-0.15, -0.1) is 22.7 Å². The second-order valence-electron chi connectivity index (χ2n) is 5.99. The highest BCUT2D eigenvalue weighted by molar-refractivity contribution is 7.22. The predicted octanol–water partition coefficient (Wildman–Crippen LogP) is 3.75. The minimum atomic E-state index is -0.374. The first kappa shape index (κ1) is 17.4. The molecule has 2 amide bonds. The monoisotopic (exact) mass is 396 g/mol. The fourth-order valence-corrected chi connectivity index (χ4v) is 4.63. The summed E-state index contributed by atoms with van der Waals surface area (Å²) in [7, 11) is 1.88. The second kappa shape index (κ2) is 6.98. The number of thiazole rings is 1. The fourth-order valence-electron chi connectivity index (χ4n) is 2.87. The molecule has 0 aliphatic heterocycles. The van der Waals surface area contributed by atoms with Gasteiger partial charge in [-0.2, -0.15) is 0 Å². The number of benzene rings is 1. The summed E-state index contributed by atoms with van der Waals surface area (Å²) in [6.07, 6.45) is 1.75. The molecule has 27 heavy (non-hydrogen) atoms. The Balaban J connectivity index is 1.50. The van der Waals surface area contributed by atoms with E-state index in [-0.39, 0.29) is 11.8 Å². The maximum absolute atomic E-state index is 12.5. The number of nitrogens with zero attached hydrogens (tertiary/aromatic N) is 2.